The van der Waals surface area contributed by atoms with E-state index in [2.05, 4.69) is 5.32 Å². The SMILES string of the molecule is C/C=C/[C@@H](O)[C@H](CO)NC(=O)C(C)(C)C. The van der Waals surface area contributed by atoms with Crippen molar-refractivity contribution in [3.63, 3.8) is 0 Å². The van der Waals surface area contributed by atoms with Gasteiger partial charge in [-0.15, -0.1) is 0 Å². The van der Waals surface area contributed by atoms with Crippen molar-refractivity contribution >= 4 is 5.91 Å². The fourth-order valence-corrected chi connectivity index (χ4v) is 0.955. The number of hydrogen-bond donors (Lipinski definition) is 3. The molecule has 0 saturated carbocycles. The molecule has 0 aliphatic carbocycles. The molecule has 1 amide bonds. The number of amides is 1. The summed E-state index contributed by atoms with van der Waals surface area (Å²) in [5.74, 6) is -0.190. The number of nitrogens with one attached hydrogen (secondary N) is 1. The lowest BCUT2D eigenvalue weighted by atomic mass is 9.95. The lowest BCUT2D eigenvalue weighted by Gasteiger charge is -2.25. The van der Waals surface area contributed by atoms with Crippen molar-refractivity contribution in [1.29, 1.82) is 0 Å². The molecule has 0 aromatic heterocycles. The summed E-state index contributed by atoms with van der Waals surface area (Å²) >= 11 is 0. The Morgan fingerprint density at radius 2 is 2.00 bits per heavy atom. The summed E-state index contributed by atoms with van der Waals surface area (Å²) in [6.45, 7) is 6.81. The minimum Gasteiger partial charge on any atom is -0.394 e. The summed E-state index contributed by atoms with van der Waals surface area (Å²) in [5, 5.41) is 21.2. The molecule has 0 unspecified atom stereocenters. The van der Waals surface area contributed by atoms with E-state index in [-0.39, 0.29) is 12.5 Å². The van der Waals surface area contributed by atoms with Gasteiger partial charge in [-0.05, 0) is 6.92 Å². The average molecular weight is 215 g/mol. The number of allylic oxidation sites excluding steroid dienone is 1. The van der Waals surface area contributed by atoms with E-state index in [4.69, 9.17) is 5.11 Å². The maximum absolute atomic E-state index is 11.6. The van der Waals surface area contributed by atoms with Gasteiger partial charge in [0.2, 0.25) is 5.91 Å². The second kappa shape index (κ2) is 5.88. The number of hydrogen-bond acceptors (Lipinski definition) is 3. The van der Waals surface area contributed by atoms with Gasteiger partial charge >= 0.3 is 0 Å². The zero-order chi connectivity index (χ0) is 12.1. The molecule has 0 fully saturated rings. The highest BCUT2D eigenvalue weighted by Crippen LogP contribution is 2.13. The molecule has 2 atom stereocenters. The Kier molecular flexibility index (Phi) is 5.54. The highest BCUT2D eigenvalue weighted by atomic mass is 16.3. The average Bonchev–Trinajstić information content (AvgIpc) is 2.12. The minimum absolute atomic E-state index is 0.190. The van der Waals surface area contributed by atoms with Crippen LogP contribution >= 0.6 is 0 Å². The third-order valence-corrected chi connectivity index (χ3v) is 2.00. The molecule has 0 radical (unpaired) electrons. The van der Waals surface area contributed by atoms with Gasteiger partial charge in [0.1, 0.15) is 0 Å². The summed E-state index contributed by atoms with van der Waals surface area (Å²) in [5.41, 5.74) is -0.525. The number of carbonyl (C=O) groups excluding carboxylic acids is 1. The Balaban J connectivity index is 4.40. The minimum atomic E-state index is -0.855. The molecule has 0 aliphatic heterocycles. The zero-order valence-corrected chi connectivity index (χ0v) is 9.82. The third kappa shape index (κ3) is 4.95. The highest BCUT2D eigenvalue weighted by Gasteiger charge is 2.26. The first-order chi connectivity index (χ1) is 6.82. The predicted molar refractivity (Wildman–Crippen MR) is 59.3 cm³/mol. The Labute approximate surface area is 91.0 Å². The fraction of sp³-hybridized carbons (Fsp3) is 0.727. The smallest absolute Gasteiger partial charge is 0.225 e. The van der Waals surface area contributed by atoms with Crippen LogP contribution in [-0.4, -0.2) is 34.9 Å². The monoisotopic (exact) mass is 215 g/mol. The Morgan fingerprint density at radius 1 is 1.47 bits per heavy atom. The summed E-state index contributed by atoms with van der Waals surface area (Å²) in [6, 6.07) is -0.645. The molecule has 0 aliphatic rings. The van der Waals surface area contributed by atoms with Crippen molar-refractivity contribution in [3.05, 3.63) is 12.2 Å². The van der Waals surface area contributed by atoms with Gasteiger partial charge < -0.3 is 15.5 Å². The standard InChI is InChI=1S/C11H21NO3/c1-5-6-9(14)8(7-13)12-10(15)11(2,3)4/h5-6,8-9,13-14H,7H2,1-4H3,(H,12,15)/b6-5+/t8-,9+/m0/s1. The van der Waals surface area contributed by atoms with Gasteiger partial charge in [-0.1, -0.05) is 32.9 Å². The van der Waals surface area contributed by atoms with E-state index in [1.807, 2.05) is 0 Å². The van der Waals surface area contributed by atoms with Crippen LogP contribution in [0, 0.1) is 5.41 Å². The first-order valence-electron chi connectivity index (χ1n) is 5.05. The lowest BCUT2D eigenvalue weighted by Crippen LogP contribution is -2.48. The highest BCUT2D eigenvalue weighted by molar-refractivity contribution is 5.81. The molecular formula is C11H21NO3. The van der Waals surface area contributed by atoms with Crippen molar-refractivity contribution in [3.8, 4) is 0 Å². The van der Waals surface area contributed by atoms with Crippen LogP contribution in [0.3, 0.4) is 0 Å². The van der Waals surface area contributed by atoms with Crippen LogP contribution in [0.2, 0.25) is 0 Å². The van der Waals surface area contributed by atoms with Gasteiger partial charge in [0.15, 0.2) is 0 Å². The van der Waals surface area contributed by atoms with Crippen molar-refractivity contribution in [2.45, 2.75) is 39.8 Å². The second-order valence-electron chi connectivity index (χ2n) is 4.53. The summed E-state index contributed by atoms with van der Waals surface area (Å²) in [7, 11) is 0. The van der Waals surface area contributed by atoms with Crippen LogP contribution in [0.25, 0.3) is 0 Å². The van der Waals surface area contributed by atoms with Gasteiger partial charge in [-0.2, -0.15) is 0 Å². The van der Waals surface area contributed by atoms with E-state index in [9.17, 15) is 9.90 Å². The van der Waals surface area contributed by atoms with Gasteiger partial charge in [0.25, 0.3) is 0 Å². The molecule has 0 spiro atoms. The summed E-state index contributed by atoms with van der Waals surface area (Å²) in [4.78, 5) is 11.6. The van der Waals surface area contributed by atoms with E-state index < -0.39 is 17.6 Å². The molecule has 15 heavy (non-hydrogen) atoms. The maximum atomic E-state index is 11.6. The van der Waals surface area contributed by atoms with Crippen LogP contribution in [0.1, 0.15) is 27.7 Å². The fourth-order valence-electron chi connectivity index (χ4n) is 0.955. The molecule has 4 nitrogen and oxygen atoms in total. The van der Waals surface area contributed by atoms with Gasteiger partial charge in [0, 0.05) is 5.41 Å². The van der Waals surface area contributed by atoms with Crippen molar-refractivity contribution in [2.75, 3.05) is 6.61 Å². The molecule has 0 bridgehead atoms. The number of aliphatic hydroxyl groups excluding tert-OH is 2. The molecular weight excluding hydrogens is 194 g/mol. The van der Waals surface area contributed by atoms with E-state index in [1.54, 1.807) is 33.8 Å². The van der Waals surface area contributed by atoms with Gasteiger partial charge in [-0.25, -0.2) is 0 Å². The molecule has 0 rings (SSSR count). The first-order valence-corrected chi connectivity index (χ1v) is 5.05. The third-order valence-electron chi connectivity index (χ3n) is 2.00. The predicted octanol–water partition coefficient (Wildman–Crippen LogP) is 0.447. The normalized spacial score (nSPS) is 16.4. The number of carbonyl (C=O) groups is 1. The Bertz CT molecular complexity index is 230. The van der Waals surface area contributed by atoms with E-state index in [0.717, 1.165) is 0 Å². The lowest BCUT2D eigenvalue weighted by molar-refractivity contribution is -0.130. The first kappa shape index (κ1) is 14.1. The molecule has 4 heteroatoms. The largest absolute Gasteiger partial charge is 0.394 e. The molecule has 0 aromatic carbocycles. The van der Waals surface area contributed by atoms with Crippen LogP contribution in [0.5, 0.6) is 0 Å². The molecule has 3 N–H and O–H groups in total. The Hall–Kier alpha value is -0.870. The molecule has 0 aromatic rings. The van der Waals surface area contributed by atoms with Crippen LogP contribution in [0.4, 0.5) is 0 Å². The van der Waals surface area contributed by atoms with E-state index in [1.165, 1.54) is 6.08 Å². The maximum Gasteiger partial charge on any atom is 0.225 e. The number of rotatable bonds is 4. The topological polar surface area (TPSA) is 69.6 Å². The van der Waals surface area contributed by atoms with E-state index in [0.29, 0.717) is 0 Å². The van der Waals surface area contributed by atoms with Crippen LogP contribution < -0.4 is 5.32 Å². The Morgan fingerprint density at radius 3 is 2.33 bits per heavy atom. The molecule has 88 valence electrons. The number of aliphatic hydroxyl groups is 2. The molecule has 0 saturated heterocycles. The van der Waals surface area contributed by atoms with Gasteiger partial charge in [-0.3, -0.25) is 4.79 Å². The molecule has 0 heterocycles. The van der Waals surface area contributed by atoms with Crippen LogP contribution in [-0.2, 0) is 4.79 Å². The summed E-state index contributed by atoms with van der Waals surface area (Å²) in [6.07, 6.45) is 2.35. The van der Waals surface area contributed by atoms with Crippen molar-refractivity contribution < 1.29 is 15.0 Å². The van der Waals surface area contributed by atoms with Crippen LogP contribution in [0.15, 0.2) is 12.2 Å². The quantitative estimate of drug-likeness (QED) is 0.596. The zero-order valence-electron chi connectivity index (χ0n) is 9.82. The van der Waals surface area contributed by atoms with E-state index >= 15 is 0 Å². The van der Waals surface area contributed by atoms with Crippen molar-refractivity contribution in [2.24, 2.45) is 5.41 Å². The van der Waals surface area contributed by atoms with Crippen molar-refractivity contribution in [1.82, 2.24) is 5.32 Å². The van der Waals surface area contributed by atoms with Gasteiger partial charge in [0.05, 0.1) is 18.8 Å². The second-order valence-corrected chi connectivity index (χ2v) is 4.53. The summed E-state index contributed by atoms with van der Waals surface area (Å²) < 4.78 is 0.